The highest BCUT2D eigenvalue weighted by Gasteiger charge is 2.41. The average Bonchev–Trinajstić information content (AvgIpc) is 2.91. The first-order valence-corrected chi connectivity index (χ1v) is 6.02. The molecule has 2 aliphatic rings. The third-order valence-corrected chi connectivity index (χ3v) is 4.14. The lowest BCUT2D eigenvalue weighted by Gasteiger charge is -2.49. The summed E-state index contributed by atoms with van der Waals surface area (Å²) in [5.41, 5.74) is 0.357. The Kier molecular flexibility index (Phi) is 2.75. The molecule has 3 nitrogen and oxygen atoms in total. The summed E-state index contributed by atoms with van der Waals surface area (Å²) >= 11 is 0. The Morgan fingerprint density at radius 3 is 2.20 bits per heavy atom. The molecule has 0 spiro atoms. The first-order chi connectivity index (χ1) is 7.05. The van der Waals surface area contributed by atoms with Gasteiger partial charge in [0.05, 0.1) is 5.84 Å². The molecule has 0 atom stereocenters. The lowest BCUT2D eigenvalue weighted by molar-refractivity contribution is 0.0423. The molecular weight excluding hydrogens is 186 g/mol. The molecule has 2 fully saturated rings. The number of amidine groups is 1. The van der Waals surface area contributed by atoms with Crippen molar-refractivity contribution in [1.82, 2.24) is 9.80 Å². The van der Waals surface area contributed by atoms with Crippen LogP contribution in [0.5, 0.6) is 0 Å². The third-order valence-electron chi connectivity index (χ3n) is 4.14. The van der Waals surface area contributed by atoms with E-state index in [1.54, 1.807) is 0 Å². The van der Waals surface area contributed by atoms with Gasteiger partial charge in [0.2, 0.25) is 0 Å². The van der Waals surface area contributed by atoms with E-state index in [1.165, 1.54) is 32.1 Å². The van der Waals surface area contributed by atoms with Crippen molar-refractivity contribution >= 4 is 5.84 Å². The highest BCUT2D eigenvalue weighted by molar-refractivity contribution is 5.83. The molecule has 0 aliphatic heterocycles. The van der Waals surface area contributed by atoms with E-state index in [2.05, 4.69) is 30.9 Å². The Labute approximate surface area is 92.9 Å². The van der Waals surface area contributed by atoms with Crippen LogP contribution >= 0.6 is 0 Å². The quantitative estimate of drug-likeness (QED) is 0.565. The van der Waals surface area contributed by atoms with Gasteiger partial charge in [0.15, 0.2) is 0 Å². The molecule has 2 saturated carbocycles. The molecule has 0 amide bonds. The van der Waals surface area contributed by atoms with Gasteiger partial charge in [-0.2, -0.15) is 0 Å². The summed E-state index contributed by atoms with van der Waals surface area (Å²) in [5, 5.41) is 8.04. The fraction of sp³-hybridized carbons (Fsp3) is 0.917. The van der Waals surface area contributed by atoms with Gasteiger partial charge >= 0.3 is 0 Å². The lowest BCUT2D eigenvalue weighted by Crippen LogP contribution is -2.57. The Balaban J connectivity index is 1.91. The predicted molar refractivity (Wildman–Crippen MR) is 63.3 cm³/mol. The maximum absolute atomic E-state index is 8.04. The summed E-state index contributed by atoms with van der Waals surface area (Å²) in [6.07, 6.45) is 6.41. The van der Waals surface area contributed by atoms with E-state index >= 15 is 0 Å². The van der Waals surface area contributed by atoms with Crippen molar-refractivity contribution in [3.05, 3.63) is 0 Å². The Hall–Kier alpha value is -0.570. The van der Waals surface area contributed by atoms with Gasteiger partial charge in [0, 0.05) is 25.0 Å². The number of rotatable bonds is 4. The normalized spacial score (nSPS) is 23.7. The van der Waals surface area contributed by atoms with E-state index in [0.717, 1.165) is 12.4 Å². The average molecular weight is 209 g/mol. The van der Waals surface area contributed by atoms with Crippen molar-refractivity contribution in [3.8, 4) is 0 Å². The minimum Gasteiger partial charge on any atom is -0.362 e. The molecular formula is C12H23N3. The molecule has 0 radical (unpaired) electrons. The summed E-state index contributed by atoms with van der Waals surface area (Å²) in [6.45, 7) is 1.04. The Morgan fingerprint density at radius 1 is 1.27 bits per heavy atom. The van der Waals surface area contributed by atoms with Crippen LogP contribution in [0.1, 0.15) is 32.1 Å². The van der Waals surface area contributed by atoms with Crippen LogP contribution in [-0.4, -0.2) is 48.9 Å². The molecule has 0 aromatic heterocycles. The maximum atomic E-state index is 8.04. The Morgan fingerprint density at radius 2 is 1.87 bits per heavy atom. The maximum Gasteiger partial charge on any atom is 0.0987 e. The van der Waals surface area contributed by atoms with Gasteiger partial charge in [-0.15, -0.1) is 0 Å². The fourth-order valence-corrected chi connectivity index (χ4v) is 2.53. The van der Waals surface area contributed by atoms with Gasteiger partial charge < -0.3 is 9.80 Å². The third kappa shape index (κ3) is 2.03. The van der Waals surface area contributed by atoms with Crippen LogP contribution < -0.4 is 0 Å². The number of nitrogens with one attached hydrogen (secondary N) is 1. The zero-order valence-electron chi connectivity index (χ0n) is 10.2. The number of hydrogen-bond donors (Lipinski definition) is 1. The first-order valence-electron chi connectivity index (χ1n) is 6.02. The topological polar surface area (TPSA) is 30.3 Å². The van der Waals surface area contributed by atoms with Crippen LogP contribution in [0, 0.1) is 11.3 Å². The number of likely N-dealkylation sites (N-methyl/N-ethyl adjacent to an activating group) is 2. The molecule has 3 heteroatoms. The van der Waals surface area contributed by atoms with E-state index in [4.69, 9.17) is 5.41 Å². The van der Waals surface area contributed by atoms with E-state index in [1.807, 2.05) is 0 Å². The van der Waals surface area contributed by atoms with Crippen LogP contribution in [0.15, 0.2) is 0 Å². The second-order valence-corrected chi connectivity index (χ2v) is 5.49. The summed E-state index contributed by atoms with van der Waals surface area (Å²) in [6, 6.07) is 0. The second kappa shape index (κ2) is 3.78. The molecule has 0 aromatic carbocycles. The van der Waals surface area contributed by atoms with Crippen molar-refractivity contribution < 1.29 is 0 Å². The minimum atomic E-state index is 0.357. The van der Waals surface area contributed by atoms with Crippen molar-refractivity contribution in [3.63, 3.8) is 0 Å². The SMILES string of the molecule is CN(CC1(N(C)C)CCC1)C(=N)C1CC1. The zero-order chi connectivity index (χ0) is 11.1. The van der Waals surface area contributed by atoms with E-state index in [0.29, 0.717) is 11.5 Å². The standard InChI is InChI=1S/C12H23N3/c1-14(2)12(7-4-8-12)9-15(3)11(13)10-5-6-10/h10,13H,4-9H2,1-3H3. The van der Waals surface area contributed by atoms with E-state index < -0.39 is 0 Å². The second-order valence-electron chi connectivity index (χ2n) is 5.49. The largest absolute Gasteiger partial charge is 0.362 e. The van der Waals surface area contributed by atoms with Gasteiger partial charge in [-0.3, -0.25) is 5.41 Å². The van der Waals surface area contributed by atoms with Crippen LogP contribution in [0.3, 0.4) is 0 Å². The summed E-state index contributed by atoms with van der Waals surface area (Å²) < 4.78 is 0. The lowest BCUT2D eigenvalue weighted by atomic mass is 9.75. The van der Waals surface area contributed by atoms with E-state index in [9.17, 15) is 0 Å². The zero-order valence-corrected chi connectivity index (χ0v) is 10.2. The summed E-state index contributed by atoms with van der Waals surface area (Å²) in [5.74, 6) is 1.44. The van der Waals surface area contributed by atoms with Gasteiger partial charge in [0.25, 0.3) is 0 Å². The highest BCUT2D eigenvalue weighted by Crippen LogP contribution is 2.38. The van der Waals surface area contributed by atoms with Crippen molar-refractivity contribution in [2.24, 2.45) is 5.92 Å². The molecule has 0 aromatic rings. The Bertz CT molecular complexity index is 252. The van der Waals surface area contributed by atoms with Crippen LogP contribution in [0.2, 0.25) is 0 Å². The fourth-order valence-electron chi connectivity index (χ4n) is 2.53. The predicted octanol–water partition coefficient (Wildman–Crippen LogP) is 1.79. The summed E-state index contributed by atoms with van der Waals surface area (Å²) in [7, 11) is 6.44. The first kappa shape index (κ1) is 10.9. The van der Waals surface area contributed by atoms with Crippen molar-refractivity contribution in [2.45, 2.75) is 37.6 Å². The van der Waals surface area contributed by atoms with Crippen molar-refractivity contribution in [2.75, 3.05) is 27.7 Å². The molecule has 2 rings (SSSR count). The number of hydrogen-bond acceptors (Lipinski definition) is 2. The van der Waals surface area contributed by atoms with Gasteiger partial charge in [0.1, 0.15) is 0 Å². The molecule has 86 valence electrons. The van der Waals surface area contributed by atoms with Crippen LogP contribution in [-0.2, 0) is 0 Å². The van der Waals surface area contributed by atoms with Crippen LogP contribution in [0.4, 0.5) is 0 Å². The molecule has 1 N–H and O–H groups in total. The molecule has 0 heterocycles. The van der Waals surface area contributed by atoms with Crippen molar-refractivity contribution in [1.29, 1.82) is 5.41 Å². The van der Waals surface area contributed by atoms with Gasteiger partial charge in [-0.1, -0.05) is 0 Å². The molecule has 0 saturated heterocycles. The summed E-state index contributed by atoms with van der Waals surface area (Å²) in [4.78, 5) is 4.53. The molecule has 0 unspecified atom stereocenters. The molecule has 15 heavy (non-hydrogen) atoms. The van der Waals surface area contributed by atoms with E-state index in [-0.39, 0.29) is 0 Å². The molecule has 2 aliphatic carbocycles. The monoisotopic (exact) mass is 209 g/mol. The van der Waals surface area contributed by atoms with Gasteiger partial charge in [-0.05, 0) is 46.2 Å². The smallest absolute Gasteiger partial charge is 0.0987 e. The van der Waals surface area contributed by atoms with Crippen LogP contribution in [0.25, 0.3) is 0 Å². The number of nitrogens with zero attached hydrogens (tertiary/aromatic N) is 2. The minimum absolute atomic E-state index is 0.357. The highest BCUT2D eigenvalue weighted by atomic mass is 15.2. The molecule has 0 bridgehead atoms. The van der Waals surface area contributed by atoms with Gasteiger partial charge in [-0.25, -0.2) is 0 Å².